The Balaban J connectivity index is 1.47. The van der Waals surface area contributed by atoms with E-state index < -0.39 is 17.7 Å². The summed E-state index contributed by atoms with van der Waals surface area (Å²) < 4.78 is 11.7. The SMILES string of the molecule is CCCOc1ccc(C2C(=C(O)c3ccc(OCc4ccccc4C)cc3)C(=O)C(=O)N2Cc2ccncc2)cc1. The molecule has 1 aliphatic rings. The van der Waals surface area contributed by atoms with E-state index in [0.29, 0.717) is 35.8 Å². The van der Waals surface area contributed by atoms with E-state index in [0.717, 1.165) is 23.1 Å². The summed E-state index contributed by atoms with van der Waals surface area (Å²) >= 11 is 0. The number of carbonyl (C=O) groups excluding carboxylic acids is 2. The van der Waals surface area contributed by atoms with Gasteiger partial charge in [0.1, 0.15) is 23.9 Å². The first-order chi connectivity index (χ1) is 20.0. The number of amides is 1. The van der Waals surface area contributed by atoms with Crippen molar-refractivity contribution >= 4 is 17.4 Å². The van der Waals surface area contributed by atoms with E-state index in [4.69, 9.17) is 9.47 Å². The Bertz CT molecular complexity index is 1550. The molecule has 4 aromatic rings. The number of hydrogen-bond donors (Lipinski definition) is 1. The van der Waals surface area contributed by atoms with Gasteiger partial charge >= 0.3 is 0 Å². The van der Waals surface area contributed by atoms with Crippen molar-refractivity contribution in [1.29, 1.82) is 0 Å². The number of aliphatic hydroxyl groups excluding tert-OH is 1. The molecule has 0 saturated carbocycles. The number of pyridine rings is 1. The first-order valence-corrected chi connectivity index (χ1v) is 13.6. The topological polar surface area (TPSA) is 89.0 Å². The number of aromatic nitrogens is 1. The van der Waals surface area contributed by atoms with Crippen molar-refractivity contribution < 1.29 is 24.2 Å². The van der Waals surface area contributed by atoms with Gasteiger partial charge in [-0.25, -0.2) is 0 Å². The second-order valence-corrected chi connectivity index (χ2v) is 9.94. The van der Waals surface area contributed by atoms with Crippen LogP contribution in [0.4, 0.5) is 0 Å². The van der Waals surface area contributed by atoms with E-state index >= 15 is 0 Å². The molecule has 0 spiro atoms. The van der Waals surface area contributed by atoms with Crippen LogP contribution in [0.15, 0.2) is 103 Å². The number of likely N-dealkylation sites (tertiary alicyclic amines) is 1. The Morgan fingerprint density at radius 1 is 0.878 bits per heavy atom. The Morgan fingerprint density at radius 2 is 1.54 bits per heavy atom. The Kier molecular flexibility index (Phi) is 8.44. The maximum Gasteiger partial charge on any atom is 0.295 e. The number of rotatable bonds is 10. The first kappa shape index (κ1) is 27.6. The molecule has 0 aliphatic carbocycles. The zero-order chi connectivity index (χ0) is 28.8. The summed E-state index contributed by atoms with van der Waals surface area (Å²) in [6, 6.07) is 25.0. The lowest BCUT2D eigenvalue weighted by molar-refractivity contribution is -0.140. The van der Waals surface area contributed by atoms with E-state index in [1.807, 2.05) is 62.4 Å². The van der Waals surface area contributed by atoms with Crippen molar-refractivity contribution in [2.45, 2.75) is 39.5 Å². The minimum Gasteiger partial charge on any atom is -0.507 e. The summed E-state index contributed by atoms with van der Waals surface area (Å²) in [5.74, 6) is -0.307. The number of hydrogen-bond acceptors (Lipinski definition) is 6. The van der Waals surface area contributed by atoms with Gasteiger partial charge in [0.15, 0.2) is 0 Å². The Hall–Kier alpha value is -4.91. The van der Waals surface area contributed by atoms with Crippen molar-refractivity contribution in [3.63, 3.8) is 0 Å². The van der Waals surface area contributed by atoms with Crippen LogP contribution in [-0.4, -0.2) is 33.3 Å². The number of ketones is 1. The third-order valence-corrected chi connectivity index (χ3v) is 7.09. The Morgan fingerprint density at radius 3 is 2.22 bits per heavy atom. The molecule has 1 amide bonds. The maximum absolute atomic E-state index is 13.4. The van der Waals surface area contributed by atoms with E-state index in [1.165, 1.54) is 4.90 Å². The van der Waals surface area contributed by atoms with Crippen molar-refractivity contribution in [3.05, 3.63) is 131 Å². The van der Waals surface area contributed by atoms with Crippen LogP contribution in [-0.2, 0) is 22.7 Å². The molecule has 41 heavy (non-hydrogen) atoms. The van der Waals surface area contributed by atoms with Crippen molar-refractivity contribution in [2.75, 3.05) is 6.61 Å². The predicted molar refractivity (Wildman–Crippen MR) is 156 cm³/mol. The minimum atomic E-state index is -0.777. The van der Waals surface area contributed by atoms with E-state index in [2.05, 4.69) is 4.98 Å². The molecule has 0 radical (unpaired) electrons. The smallest absolute Gasteiger partial charge is 0.295 e. The lowest BCUT2D eigenvalue weighted by Gasteiger charge is -2.25. The second-order valence-electron chi connectivity index (χ2n) is 9.94. The first-order valence-electron chi connectivity index (χ1n) is 13.6. The molecule has 1 N–H and O–H groups in total. The molecule has 7 heteroatoms. The van der Waals surface area contributed by atoms with Gasteiger partial charge in [0.25, 0.3) is 11.7 Å². The van der Waals surface area contributed by atoms with Gasteiger partial charge in [0.2, 0.25) is 0 Å². The number of aliphatic hydroxyl groups is 1. The maximum atomic E-state index is 13.4. The molecule has 7 nitrogen and oxygen atoms in total. The van der Waals surface area contributed by atoms with E-state index in [9.17, 15) is 14.7 Å². The fourth-order valence-corrected chi connectivity index (χ4v) is 4.84. The third-order valence-electron chi connectivity index (χ3n) is 7.09. The van der Waals surface area contributed by atoms with Gasteiger partial charge in [0.05, 0.1) is 18.2 Å². The standard InChI is InChI=1S/C34H32N2O5/c1-3-20-40-28-12-8-25(9-13-28)31-30(33(38)34(39)36(31)21-24-16-18-35-19-17-24)32(37)26-10-14-29(15-11-26)41-22-27-7-5-4-6-23(27)2/h4-19,31,37H,3,20-22H2,1-2H3. The fraction of sp³-hybridized carbons (Fsp3) is 0.206. The molecular weight excluding hydrogens is 516 g/mol. The zero-order valence-corrected chi connectivity index (χ0v) is 23.1. The molecule has 2 heterocycles. The average Bonchev–Trinajstić information content (AvgIpc) is 3.25. The van der Waals surface area contributed by atoms with Gasteiger partial charge in [-0.2, -0.15) is 0 Å². The molecule has 1 aliphatic heterocycles. The minimum absolute atomic E-state index is 0.0415. The lowest BCUT2D eigenvalue weighted by atomic mass is 9.95. The summed E-state index contributed by atoms with van der Waals surface area (Å²) in [5, 5.41) is 11.4. The van der Waals surface area contributed by atoms with E-state index in [-0.39, 0.29) is 17.9 Å². The van der Waals surface area contributed by atoms with Crippen LogP contribution >= 0.6 is 0 Å². The predicted octanol–water partition coefficient (Wildman–Crippen LogP) is 6.38. The summed E-state index contributed by atoms with van der Waals surface area (Å²) in [5.41, 5.74) is 4.21. The monoisotopic (exact) mass is 548 g/mol. The van der Waals surface area contributed by atoms with Crippen LogP contribution in [0.25, 0.3) is 5.76 Å². The quantitative estimate of drug-likeness (QED) is 0.141. The number of aryl methyl sites for hydroxylation is 1. The van der Waals surface area contributed by atoms with Crippen LogP contribution in [0.2, 0.25) is 0 Å². The van der Waals surface area contributed by atoms with E-state index in [1.54, 1.807) is 48.8 Å². The summed E-state index contributed by atoms with van der Waals surface area (Å²) in [6.45, 7) is 5.25. The Labute approximate surface area is 239 Å². The highest BCUT2D eigenvalue weighted by atomic mass is 16.5. The molecule has 208 valence electrons. The van der Waals surface area contributed by atoms with Gasteiger partial charge in [-0.05, 0) is 84.1 Å². The van der Waals surface area contributed by atoms with Gasteiger partial charge in [-0.3, -0.25) is 14.6 Å². The molecule has 3 aromatic carbocycles. The molecule has 1 unspecified atom stereocenters. The van der Waals surface area contributed by atoms with Crippen molar-refractivity contribution in [2.24, 2.45) is 0 Å². The van der Waals surface area contributed by atoms with Gasteiger partial charge in [-0.1, -0.05) is 43.3 Å². The molecule has 1 fully saturated rings. The summed E-state index contributed by atoms with van der Waals surface area (Å²) in [6.07, 6.45) is 4.16. The van der Waals surface area contributed by atoms with Crippen LogP contribution in [0.1, 0.15) is 47.2 Å². The number of benzene rings is 3. The van der Waals surface area contributed by atoms with Crippen LogP contribution in [0, 0.1) is 6.92 Å². The van der Waals surface area contributed by atoms with Crippen LogP contribution in [0.5, 0.6) is 11.5 Å². The third kappa shape index (κ3) is 6.14. The number of ether oxygens (including phenoxy) is 2. The van der Waals surface area contributed by atoms with Crippen LogP contribution in [0.3, 0.4) is 0 Å². The molecule has 1 saturated heterocycles. The fourth-order valence-electron chi connectivity index (χ4n) is 4.84. The summed E-state index contributed by atoms with van der Waals surface area (Å²) in [7, 11) is 0. The lowest BCUT2D eigenvalue weighted by Crippen LogP contribution is -2.29. The molecular formula is C34H32N2O5. The molecule has 0 bridgehead atoms. The highest BCUT2D eigenvalue weighted by Gasteiger charge is 2.46. The largest absolute Gasteiger partial charge is 0.507 e. The normalized spacial score (nSPS) is 16.1. The molecule has 1 aromatic heterocycles. The van der Waals surface area contributed by atoms with Crippen molar-refractivity contribution in [3.8, 4) is 11.5 Å². The van der Waals surface area contributed by atoms with Gasteiger partial charge in [0, 0.05) is 24.5 Å². The van der Waals surface area contributed by atoms with Crippen LogP contribution < -0.4 is 9.47 Å². The zero-order valence-electron chi connectivity index (χ0n) is 23.1. The molecule has 1 atom stereocenters. The highest BCUT2D eigenvalue weighted by Crippen LogP contribution is 2.41. The summed E-state index contributed by atoms with van der Waals surface area (Å²) in [4.78, 5) is 32.3. The van der Waals surface area contributed by atoms with Gasteiger partial charge in [-0.15, -0.1) is 0 Å². The van der Waals surface area contributed by atoms with Gasteiger partial charge < -0.3 is 19.5 Å². The second kappa shape index (κ2) is 12.5. The number of Topliss-reactive ketones (excluding diaryl/α,β-unsaturated/α-hetero) is 1. The molecule has 5 rings (SSSR count). The number of nitrogens with zero attached hydrogens (tertiary/aromatic N) is 2. The highest BCUT2D eigenvalue weighted by molar-refractivity contribution is 6.46. The average molecular weight is 549 g/mol. The number of carbonyl (C=O) groups is 2. The van der Waals surface area contributed by atoms with Crippen molar-refractivity contribution in [1.82, 2.24) is 9.88 Å².